The molecule has 2 aliphatic rings. The van der Waals surface area contributed by atoms with Crippen LogP contribution in [0.5, 0.6) is 0 Å². The van der Waals surface area contributed by atoms with Crippen molar-refractivity contribution in [3.8, 4) is 0 Å². The molecule has 0 unspecified atom stereocenters. The van der Waals surface area contributed by atoms with Gasteiger partial charge in [-0.25, -0.2) is 0 Å². The van der Waals surface area contributed by atoms with Gasteiger partial charge in [-0.1, -0.05) is 6.07 Å². The highest BCUT2D eigenvalue weighted by molar-refractivity contribution is 9.10. The number of nitrogens with one attached hydrogen (secondary N) is 1. The lowest BCUT2D eigenvalue weighted by Crippen LogP contribution is -2.42. The van der Waals surface area contributed by atoms with Crippen molar-refractivity contribution in [2.75, 3.05) is 57.4 Å². The van der Waals surface area contributed by atoms with Crippen molar-refractivity contribution < 1.29 is 4.74 Å². The van der Waals surface area contributed by atoms with Crippen LogP contribution in [0.1, 0.15) is 5.56 Å². The molecule has 2 aliphatic heterocycles. The van der Waals surface area contributed by atoms with Gasteiger partial charge >= 0.3 is 0 Å². The first-order valence-electron chi connectivity index (χ1n) is 7.37. The lowest BCUT2D eigenvalue weighted by molar-refractivity contribution is 0.122. The van der Waals surface area contributed by atoms with Crippen LogP contribution >= 0.6 is 15.9 Å². The first-order chi connectivity index (χ1) is 9.83. The molecule has 0 spiro atoms. The van der Waals surface area contributed by atoms with Crippen molar-refractivity contribution in [1.82, 2.24) is 10.2 Å². The van der Waals surface area contributed by atoms with Gasteiger partial charge in [0.1, 0.15) is 0 Å². The van der Waals surface area contributed by atoms with E-state index in [1.54, 1.807) is 0 Å². The van der Waals surface area contributed by atoms with Gasteiger partial charge in [-0.05, 0) is 33.6 Å². The molecule has 0 amide bonds. The van der Waals surface area contributed by atoms with E-state index in [-0.39, 0.29) is 0 Å². The van der Waals surface area contributed by atoms with Gasteiger partial charge in [0.2, 0.25) is 0 Å². The van der Waals surface area contributed by atoms with Crippen LogP contribution in [-0.4, -0.2) is 57.4 Å². The molecule has 2 heterocycles. The summed E-state index contributed by atoms with van der Waals surface area (Å²) in [5.41, 5.74) is 2.67. The molecule has 1 aromatic rings. The minimum atomic E-state index is 0.828. The number of halogens is 1. The molecule has 0 aromatic heterocycles. The Morgan fingerprint density at radius 3 is 2.55 bits per heavy atom. The van der Waals surface area contributed by atoms with Crippen molar-refractivity contribution in [2.24, 2.45) is 0 Å². The fourth-order valence-electron chi connectivity index (χ4n) is 2.84. The maximum atomic E-state index is 5.42. The van der Waals surface area contributed by atoms with Gasteiger partial charge in [-0.15, -0.1) is 0 Å². The van der Waals surface area contributed by atoms with E-state index in [1.807, 2.05) is 0 Å². The summed E-state index contributed by atoms with van der Waals surface area (Å²) in [4.78, 5) is 4.90. The van der Waals surface area contributed by atoms with E-state index in [1.165, 1.54) is 15.7 Å². The van der Waals surface area contributed by atoms with E-state index in [0.717, 1.165) is 59.0 Å². The van der Waals surface area contributed by atoms with Crippen LogP contribution < -0.4 is 10.2 Å². The van der Waals surface area contributed by atoms with Gasteiger partial charge in [-0.2, -0.15) is 0 Å². The minimum Gasteiger partial charge on any atom is -0.378 e. The smallest absolute Gasteiger partial charge is 0.0642 e. The third-order valence-corrected chi connectivity index (χ3v) is 4.61. The summed E-state index contributed by atoms with van der Waals surface area (Å²) in [5.74, 6) is 0. The van der Waals surface area contributed by atoms with Crippen molar-refractivity contribution in [2.45, 2.75) is 6.54 Å². The molecule has 110 valence electrons. The summed E-state index contributed by atoms with van der Waals surface area (Å²) < 4.78 is 6.62. The predicted molar refractivity (Wildman–Crippen MR) is 85.3 cm³/mol. The summed E-state index contributed by atoms with van der Waals surface area (Å²) in [6, 6.07) is 6.78. The Bertz CT molecular complexity index is 443. The Balaban J connectivity index is 1.66. The maximum Gasteiger partial charge on any atom is 0.0642 e. The van der Waals surface area contributed by atoms with Crippen LogP contribution in [0.25, 0.3) is 0 Å². The highest BCUT2D eigenvalue weighted by atomic mass is 79.9. The number of hydrogen-bond donors (Lipinski definition) is 1. The van der Waals surface area contributed by atoms with Gasteiger partial charge in [0, 0.05) is 50.3 Å². The fraction of sp³-hybridized carbons (Fsp3) is 0.600. The highest BCUT2D eigenvalue weighted by Crippen LogP contribution is 2.28. The molecule has 0 saturated carbocycles. The topological polar surface area (TPSA) is 27.7 Å². The molecule has 0 radical (unpaired) electrons. The lowest BCUT2D eigenvalue weighted by atomic mass is 10.1. The van der Waals surface area contributed by atoms with Crippen LogP contribution in [0, 0.1) is 0 Å². The summed E-state index contributed by atoms with van der Waals surface area (Å²) >= 11 is 3.73. The lowest BCUT2D eigenvalue weighted by Gasteiger charge is -2.30. The van der Waals surface area contributed by atoms with Gasteiger partial charge in [0.05, 0.1) is 18.9 Å². The number of hydrogen-bond acceptors (Lipinski definition) is 4. The molecule has 3 rings (SSSR count). The summed E-state index contributed by atoms with van der Waals surface area (Å²) in [7, 11) is 0. The van der Waals surface area contributed by atoms with Gasteiger partial charge in [0.25, 0.3) is 0 Å². The average molecular weight is 340 g/mol. The van der Waals surface area contributed by atoms with E-state index >= 15 is 0 Å². The van der Waals surface area contributed by atoms with Gasteiger partial charge in [-0.3, -0.25) is 4.90 Å². The zero-order valence-corrected chi connectivity index (χ0v) is 13.4. The number of morpholine rings is 1. The molecule has 1 N–H and O–H groups in total. The predicted octanol–water partition coefficient (Wildman–Crippen LogP) is 1.69. The monoisotopic (exact) mass is 339 g/mol. The Morgan fingerprint density at radius 2 is 1.85 bits per heavy atom. The molecule has 2 saturated heterocycles. The molecule has 1 aromatic carbocycles. The molecular weight excluding hydrogens is 318 g/mol. The first-order valence-corrected chi connectivity index (χ1v) is 8.16. The number of anilines is 1. The first kappa shape index (κ1) is 14.3. The summed E-state index contributed by atoms with van der Waals surface area (Å²) in [6.07, 6.45) is 0. The second kappa shape index (κ2) is 6.89. The van der Waals surface area contributed by atoms with E-state index in [2.05, 4.69) is 49.2 Å². The molecule has 0 aliphatic carbocycles. The third-order valence-electron chi connectivity index (χ3n) is 3.98. The zero-order chi connectivity index (χ0) is 13.8. The number of rotatable bonds is 3. The number of ether oxygens (including phenoxy) is 1. The van der Waals surface area contributed by atoms with Gasteiger partial charge < -0.3 is 15.0 Å². The second-order valence-corrected chi connectivity index (χ2v) is 6.27. The molecule has 2 fully saturated rings. The Kier molecular flexibility index (Phi) is 4.94. The largest absolute Gasteiger partial charge is 0.378 e. The zero-order valence-electron chi connectivity index (χ0n) is 11.8. The van der Waals surface area contributed by atoms with Crippen molar-refractivity contribution in [1.29, 1.82) is 0 Å². The van der Waals surface area contributed by atoms with Crippen molar-refractivity contribution >= 4 is 21.6 Å². The van der Waals surface area contributed by atoms with Crippen molar-refractivity contribution in [3.63, 3.8) is 0 Å². The van der Waals surface area contributed by atoms with Crippen LogP contribution in [0.4, 0.5) is 5.69 Å². The maximum absolute atomic E-state index is 5.42. The molecule has 20 heavy (non-hydrogen) atoms. The highest BCUT2D eigenvalue weighted by Gasteiger charge is 2.15. The molecule has 0 atom stereocenters. The van der Waals surface area contributed by atoms with Crippen LogP contribution in [0.2, 0.25) is 0 Å². The SMILES string of the molecule is Brc1cc(CN2CCNCC2)ccc1N1CCOCC1. The summed E-state index contributed by atoms with van der Waals surface area (Å²) in [6.45, 7) is 9.16. The Morgan fingerprint density at radius 1 is 1.10 bits per heavy atom. The van der Waals surface area contributed by atoms with E-state index < -0.39 is 0 Å². The number of nitrogens with zero attached hydrogens (tertiary/aromatic N) is 2. The molecule has 0 bridgehead atoms. The molecular formula is C15H22BrN3O. The van der Waals surface area contributed by atoms with Crippen LogP contribution in [0.3, 0.4) is 0 Å². The average Bonchev–Trinajstić information content (AvgIpc) is 2.49. The third kappa shape index (κ3) is 3.52. The normalized spacial score (nSPS) is 21.1. The Hall–Kier alpha value is -0.620. The Labute approximate surface area is 129 Å². The minimum absolute atomic E-state index is 0.828. The van der Waals surface area contributed by atoms with E-state index in [9.17, 15) is 0 Å². The van der Waals surface area contributed by atoms with E-state index in [0.29, 0.717) is 0 Å². The molecule has 5 heteroatoms. The van der Waals surface area contributed by atoms with Crippen molar-refractivity contribution in [3.05, 3.63) is 28.2 Å². The molecule has 4 nitrogen and oxygen atoms in total. The standard InChI is InChI=1S/C15H22BrN3O/c16-14-11-13(12-18-5-3-17-4-6-18)1-2-15(14)19-7-9-20-10-8-19/h1-2,11,17H,3-10,12H2. The summed E-state index contributed by atoms with van der Waals surface area (Å²) in [5, 5.41) is 3.39. The fourth-order valence-corrected chi connectivity index (χ4v) is 3.51. The van der Waals surface area contributed by atoms with Crippen LogP contribution in [0.15, 0.2) is 22.7 Å². The van der Waals surface area contributed by atoms with Gasteiger partial charge in [0.15, 0.2) is 0 Å². The number of benzene rings is 1. The van der Waals surface area contributed by atoms with E-state index in [4.69, 9.17) is 4.74 Å². The quantitative estimate of drug-likeness (QED) is 0.906. The second-order valence-electron chi connectivity index (χ2n) is 5.41. The number of piperazine rings is 1. The van der Waals surface area contributed by atoms with Crippen LogP contribution in [-0.2, 0) is 11.3 Å².